The van der Waals surface area contributed by atoms with E-state index in [0.717, 1.165) is 59.5 Å². The molecule has 0 unspecified atom stereocenters. The van der Waals surface area contributed by atoms with Gasteiger partial charge in [-0.3, -0.25) is 14.5 Å². The normalized spacial score (nSPS) is 25.3. The highest BCUT2D eigenvalue weighted by Gasteiger charge is 2.50. The average molecular weight is 592 g/mol. The second-order valence-electron chi connectivity index (χ2n) is 14.5. The molecule has 1 saturated carbocycles. The molecular weight excluding hydrogens is 550 g/mol. The van der Waals surface area contributed by atoms with Gasteiger partial charge >= 0.3 is 0 Å². The molecule has 1 aliphatic carbocycles. The number of allylic oxidation sites excluding steroid dienone is 1. The molecule has 0 spiro atoms. The maximum atomic E-state index is 13.9. The summed E-state index contributed by atoms with van der Waals surface area (Å²) in [7, 11) is 0. The number of amides is 2. The van der Waals surface area contributed by atoms with E-state index in [-0.39, 0.29) is 23.9 Å². The summed E-state index contributed by atoms with van der Waals surface area (Å²) in [6.45, 7) is 15.3. The fraction of sp³-hybridized carbons (Fsp3) is 0.486. The molecule has 2 amide bonds. The van der Waals surface area contributed by atoms with Gasteiger partial charge in [0, 0.05) is 42.0 Å². The Kier molecular flexibility index (Phi) is 6.73. The number of fused-ring (bicyclic) bond motifs is 2. The number of hydrogen-bond donors (Lipinski definition) is 0. The third-order valence-electron chi connectivity index (χ3n) is 9.93. The van der Waals surface area contributed by atoms with Gasteiger partial charge in [-0.05, 0) is 89.1 Å². The van der Waals surface area contributed by atoms with Crippen LogP contribution in [0.4, 0.5) is 11.5 Å². The summed E-state index contributed by atoms with van der Waals surface area (Å²) in [5.41, 5.74) is 5.65. The lowest BCUT2D eigenvalue weighted by Gasteiger charge is -2.50. The molecule has 228 valence electrons. The summed E-state index contributed by atoms with van der Waals surface area (Å²) >= 11 is 0. The maximum Gasteiger partial charge on any atom is 0.269 e. The first-order valence-corrected chi connectivity index (χ1v) is 15.9. The van der Waals surface area contributed by atoms with Crippen LogP contribution in [0.5, 0.6) is 0 Å². The molecule has 9 heteroatoms. The van der Waals surface area contributed by atoms with Crippen LogP contribution < -0.4 is 4.90 Å². The van der Waals surface area contributed by atoms with Crippen LogP contribution in [0, 0.1) is 5.41 Å². The molecule has 0 atom stereocenters. The van der Waals surface area contributed by atoms with E-state index in [2.05, 4.69) is 65.3 Å². The number of imidazole rings is 1. The van der Waals surface area contributed by atoms with Gasteiger partial charge in [-0.1, -0.05) is 26.0 Å². The number of carbonyl (C=O) groups is 2. The fourth-order valence-electron chi connectivity index (χ4n) is 7.37. The minimum absolute atomic E-state index is 0.160. The summed E-state index contributed by atoms with van der Waals surface area (Å²) in [5.74, 6) is 0.390. The summed E-state index contributed by atoms with van der Waals surface area (Å²) in [6, 6.07) is 9.18. The topological polar surface area (TPSA) is 96.0 Å². The van der Waals surface area contributed by atoms with Crippen molar-refractivity contribution in [2.45, 2.75) is 90.8 Å². The van der Waals surface area contributed by atoms with Gasteiger partial charge in [0.05, 0.1) is 34.9 Å². The summed E-state index contributed by atoms with van der Waals surface area (Å²) < 4.78 is 2.06. The minimum atomic E-state index is -0.583. The molecular formula is C35H41N7O2. The van der Waals surface area contributed by atoms with Crippen molar-refractivity contribution in [3.05, 3.63) is 48.3 Å². The first-order chi connectivity index (χ1) is 20.9. The highest BCUT2D eigenvalue weighted by molar-refractivity contribution is 6.40. The van der Waals surface area contributed by atoms with Crippen LogP contribution >= 0.6 is 0 Å². The second kappa shape index (κ2) is 10.3. The number of nitrogens with zero attached hydrogens (tertiary/aromatic N) is 7. The number of aliphatic imine (C=N–C) groups is 2. The molecule has 7 rings (SSSR count). The van der Waals surface area contributed by atoms with E-state index in [1.807, 2.05) is 26.2 Å². The molecule has 3 aromatic rings. The van der Waals surface area contributed by atoms with Crippen molar-refractivity contribution in [3.8, 4) is 11.3 Å². The van der Waals surface area contributed by atoms with E-state index in [0.29, 0.717) is 23.0 Å². The first kappa shape index (κ1) is 28.8. The molecule has 2 fully saturated rings. The largest absolute Gasteiger partial charge is 0.325 e. The molecule has 4 aliphatic rings. The van der Waals surface area contributed by atoms with Gasteiger partial charge in [-0.2, -0.15) is 0 Å². The van der Waals surface area contributed by atoms with Crippen LogP contribution in [0.2, 0.25) is 0 Å². The fourth-order valence-corrected chi connectivity index (χ4v) is 7.37. The van der Waals surface area contributed by atoms with Gasteiger partial charge in [0.15, 0.2) is 5.82 Å². The Morgan fingerprint density at radius 2 is 1.82 bits per heavy atom. The second-order valence-corrected chi connectivity index (χ2v) is 14.5. The number of benzene rings is 1. The molecule has 3 aliphatic heterocycles. The van der Waals surface area contributed by atoms with E-state index in [1.54, 1.807) is 6.08 Å². The summed E-state index contributed by atoms with van der Waals surface area (Å²) in [6.07, 6.45) is 10.9. The third-order valence-corrected chi connectivity index (χ3v) is 9.93. The number of hydrogen-bond acceptors (Lipinski definition) is 6. The molecule has 0 bridgehead atoms. The quantitative estimate of drug-likeness (QED) is 0.352. The Hall–Kier alpha value is -3.98. The molecule has 0 N–H and O–H groups in total. The van der Waals surface area contributed by atoms with Crippen molar-refractivity contribution >= 4 is 46.3 Å². The number of dihydropyridines is 1. The lowest BCUT2D eigenvalue weighted by Crippen LogP contribution is -2.58. The van der Waals surface area contributed by atoms with Crippen LogP contribution in [-0.4, -0.2) is 68.3 Å². The van der Waals surface area contributed by atoms with Crippen molar-refractivity contribution in [2.24, 2.45) is 15.4 Å². The van der Waals surface area contributed by atoms with E-state index in [1.165, 1.54) is 25.1 Å². The minimum Gasteiger partial charge on any atom is -0.325 e. The first-order valence-electron chi connectivity index (χ1n) is 15.9. The van der Waals surface area contributed by atoms with Crippen molar-refractivity contribution < 1.29 is 9.59 Å². The predicted molar refractivity (Wildman–Crippen MR) is 175 cm³/mol. The van der Waals surface area contributed by atoms with Crippen LogP contribution in [0.3, 0.4) is 0 Å². The maximum absolute atomic E-state index is 13.9. The van der Waals surface area contributed by atoms with Gasteiger partial charge in [0.25, 0.3) is 5.91 Å². The highest BCUT2D eigenvalue weighted by Crippen LogP contribution is 2.48. The predicted octanol–water partition coefficient (Wildman–Crippen LogP) is 6.20. The number of anilines is 1. The zero-order chi connectivity index (χ0) is 31.0. The monoisotopic (exact) mass is 591 g/mol. The Bertz CT molecular complexity index is 1750. The Labute approximate surface area is 258 Å². The Morgan fingerprint density at radius 1 is 1.02 bits per heavy atom. The molecule has 9 nitrogen and oxygen atoms in total. The average Bonchev–Trinajstić information content (AvgIpc) is 3.46. The molecule has 0 radical (unpaired) electrons. The highest BCUT2D eigenvalue weighted by atomic mass is 16.2. The van der Waals surface area contributed by atoms with Crippen LogP contribution in [0.1, 0.15) is 78.8 Å². The number of aromatic nitrogens is 3. The van der Waals surface area contributed by atoms with Gasteiger partial charge < -0.3 is 9.47 Å². The SMILES string of the molecule is CC(C)n1cnc2cc(-c3ccc4c(c3)N(C3CC(N5CCCC(C)(C)C5)C3)C(=O)C4(C)C)nc(/N=C3\C=CC(=O)N=C3)c21. The van der Waals surface area contributed by atoms with Gasteiger partial charge in [0.1, 0.15) is 5.52 Å². The third kappa shape index (κ3) is 4.82. The van der Waals surface area contributed by atoms with Crippen molar-refractivity contribution in [1.82, 2.24) is 19.4 Å². The summed E-state index contributed by atoms with van der Waals surface area (Å²) in [5, 5.41) is 0. The van der Waals surface area contributed by atoms with E-state index in [9.17, 15) is 9.59 Å². The van der Waals surface area contributed by atoms with Gasteiger partial charge in [0.2, 0.25) is 5.91 Å². The van der Waals surface area contributed by atoms with Crippen molar-refractivity contribution in [1.29, 1.82) is 0 Å². The lowest BCUT2D eigenvalue weighted by atomic mass is 9.78. The number of piperidine rings is 1. The Morgan fingerprint density at radius 3 is 2.52 bits per heavy atom. The number of pyridine rings is 1. The molecule has 5 heterocycles. The zero-order valence-corrected chi connectivity index (χ0v) is 26.5. The van der Waals surface area contributed by atoms with Gasteiger partial charge in [-0.15, -0.1) is 0 Å². The van der Waals surface area contributed by atoms with Crippen LogP contribution in [0.25, 0.3) is 22.3 Å². The standard InChI is InChI=1S/C35H41N7O2/c1-21(2)41-20-37-28-17-27(39-32(31(28)41)38-23-9-11-30(43)36-18-23)22-8-10-26-29(14-22)42(33(44)35(26,5)6)25-15-24(16-25)40-13-7-12-34(3,4)19-40/h8-11,14,17-18,20-21,24-25H,7,12-13,15-16,19H2,1-6H3/b38-23+. The number of rotatable bonds is 5. The van der Waals surface area contributed by atoms with Crippen LogP contribution in [-0.2, 0) is 15.0 Å². The summed E-state index contributed by atoms with van der Waals surface area (Å²) in [4.78, 5) is 48.7. The molecule has 2 aromatic heterocycles. The molecule has 1 aromatic carbocycles. The number of likely N-dealkylation sites (tertiary alicyclic amines) is 1. The van der Waals surface area contributed by atoms with E-state index < -0.39 is 5.41 Å². The number of carbonyl (C=O) groups excluding carboxylic acids is 2. The lowest BCUT2D eigenvalue weighted by molar-refractivity contribution is -0.123. The molecule has 1 saturated heterocycles. The van der Waals surface area contributed by atoms with Gasteiger partial charge in [-0.25, -0.2) is 20.0 Å². The smallest absolute Gasteiger partial charge is 0.269 e. The Balaban J connectivity index is 1.25. The van der Waals surface area contributed by atoms with Crippen molar-refractivity contribution in [2.75, 3.05) is 18.0 Å². The zero-order valence-electron chi connectivity index (χ0n) is 26.5. The van der Waals surface area contributed by atoms with Crippen LogP contribution in [0.15, 0.2) is 52.7 Å². The van der Waals surface area contributed by atoms with E-state index >= 15 is 0 Å². The van der Waals surface area contributed by atoms with E-state index in [4.69, 9.17) is 15.0 Å². The van der Waals surface area contributed by atoms with Crippen molar-refractivity contribution in [3.63, 3.8) is 0 Å². The molecule has 44 heavy (non-hydrogen) atoms.